The maximum Gasteiger partial charge on any atom is 0.189 e. The zero-order chi connectivity index (χ0) is 14.3. The van der Waals surface area contributed by atoms with E-state index in [2.05, 4.69) is 16.9 Å². The van der Waals surface area contributed by atoms with Gasteiger partial charge in [0.25, 0.3) is 0 Å². The van der Waals surface area contributed by atoms with Crippen LogP contribution >= 0.6 is 0 Å². The normalized spacial score (nSPS) is 11.0. The summed E-state index contributed by atoms with van der Waals surface area (Å²) < 4.78 is 10.6. The Balaban J connectivity index is 2.76. The SMILES string of the molecule is C=C(C)CNC(N)=NCc1cccc(OC)c1OC. The minimum atomic E-state index is 0.382. The number of nitrogens with two attached hydrogens (primary N) is 1. The lowest BCUT2D eigenvalue weighted by Gasteiger charge is -2.11. The van der Waals surface area contributed by atoms with E-state index in [0.717, 1.165) is 11.1 Å². The van der Waals surface area contributed by atoms with Crippen LogP contribution in [0.4, 0.5) is 0 Å². The Bertz CT molecular complexity index is 470. The average molecular weight is 263 g/mol. The smallest absolute Gasteiger partial charge is 0.189 e. The Labute approximate surface area is 114 Å². The van der Waals surface area contributed by atoms with Crippen molar-refractivity contribution in [3.63, 3.8) is 0 Å². The molecule has 0 aliphatic rings. The molecule has 0 spiro atoms. The monoisotopic (exact) mass is 263 g/mol. The quantitative estimate of drug-likeness (QED) is 0.465. The molecule has 5 heteroatoms. The van der Waals surface area contributed by atoms with Crippen LogP contribution in [0.25, 0.3) is 0 Å². The number of methoxy groups -OCH3 is 2. The van der Waals surface area contributed by atoms with Gasteiger partial charge in [-0.2, -0.15) is 0 Å². The predicted molar refractivity (Wildman–Crippen MR) is 77.7 cm³/mol. The van der Waals surface area contributed by atoms with Crippen molar-refractivity contribution in [2.24, 2.45) is 10.7 Å². The van der Waals surface area contributed by atoms with Crippen LogP contribution in [-0.2, 0) is 6.54 Å². The fourth-order valence-corrected chi connectivity index (χ4v) is 1.55. The molecule has 0 aromatic heterocycles. The van der Waals surface area contributed by atoms with Gasteiger partial charge < -0.3 is 20.5 Å². The van der Waals surface area contributed by atoms with Crippen LogP contribution in [0.5, 0.6) is 11.5 Å². The molecule has 104 valence electrons. The summed E-state index contributed by atoms with van der Waals surface area (Å²) >= 11 is 0. The van der Waals surface area contributed by atoms with Gasteiger partial charge in [0.2, 0.25) is 0 Å². The minimum absolute atomic E-state index is 0.382. The standard InChI is InChI=1S/C14H21N3O2/c1-10(2)8-16-14(15)17-9-11-6-5-7-12(18-3)13(11)19-4/h5-7H,1,8-9H2,2-4H3,(H3,15,16,17). The molecular weight excluding hydrogens is 242 g/mol. The third-order valence-electron chi connectivity index (χ3n) is 2.48. The molecule has 0 saturated carbocycles. The van der Waals surface area contributed by atoms with Gasteiger partial charge in [-0.3, -0.25) is 0 Å². The van der Waals surface area contributed by atoms with Crippen molar-refractivity contribution in [1.29, 1.82) is 0 Å². The lowest BCUT2D eigenvalue weighted by atomic mass is 10.2. The molecule has 0 bridgehead atoms. The number of nitrogens with one attached hydrogen (secondary N) is 1. The predicted octanol–water partition coefficient (Wildman–Crippen LogP) is 1.68. The van der Waals surface area contributed by atoms with Crippen molar-refractivity contribution < 1.29 is 9.47 Å². The van der Waals surface area contributed by atoms with Crippen LogP contribution in [-0.4, -0.2) is 26.7 Å². The highest BCUT2D eigenvalue weighted by Gasteiger charge is 2.08. The second-order valence-electron chi connectivity index (χ2n) is 4.16. The molecule has 0 heterocycles. The Hall–Kier alpha value is -2.17. The maximum atomic E-state index is 5.76. The van der Waals surface area contributed by atoms with E-state index in [9.17, 15) is 0 Å². The average Bonchev–Trinajstić information content (AvgIpc) is 2.42. The Morgan fingerprint density at radius 1 is 1.37 bits per heavy atom. The number of aliphatic imine (C=N–C) groups is 1. The molecule has 0 atom stereocenters. The number of para-hydroxylation sites is 1. The van der Waals surface area contributed by atoms with Crippen molar-refractivity contribution in [3.8, 4) is 11.5 Å². The molecule has 0 aliphatic heterocycles. The lowest BCUT2D eigenvalue weighted by Crippen LogP contribution is -2.32. The van der Waals surface area contributed by atoms with Crippen LogP contribution in [0.2, 0.25) is 0 Å². The zero-order valence-electron chi connectivity index (χ0n) is 11.7. The van der Waals surface area contributed by atoms with Gasteiger partial charge in [-0.25, -0.2) is 4.99 Å². The molecule has 0 unspecified atom stereocenters. The van der Waals surface area contributed by atoms with Crippen molar-refractivity contribution >= 4 is 5.96 Å². The van der Waals surface area contributed by atoms with Gasteiger partial charge in [0.15, 0.2) is 17.5 Å². The van der Waals surface area contributed by atoms with E-state index in [1.807, 2.05) is 25.1 Å². The summed E-state index contributed by atoms with van der Waals surface area (Å²) in [6.07, 6.45) is 0. The minimum Gasteiger partial charge on any atom is -0.493 e. The number of guanidine groups is 1. The van der Waals surface area contributed by atoms with E-state index in [0.29, 0.717) is 30.5 Å². The summed E-state index contributed by atoms with van der Waals surface area (Å²) in [5.74, 6) is 1.75. The number of ether oxygens (including phenoxy) is 2. The first kappa shape index (κ1) is 14.9. The lowest BCUT2D eigenvalue weighted by molar-refractivity contribution is 0.352. The highest BCUT2D eigenvalue weighted by atomic mass is 16.5. The molecule has 3 N–H and O–H groups in total. The summed E-state index contributed by atoms with van der Waals surface area (Å²) in [5, 5.41) is 2.97. The first-order chi connectivity index (χ1) is 9.08. The summed E-state index contributed by atoms with van der Waals surface area (Å²) in [7, 11) is 3.21. The molecule has 0 aliphatic carbocycles. The highest BCUT2D eigenvalue weighted by molar-refractivity contribution is 5.78. The van der Waals surface area contributed by atoms with Gasteiger partial charge in [0.1, 0.15) is 0 Å². The van der Waals surface area contributed by atoms with Crippen LogP contribution in [0, 0.1) is 0 Å². The van der Waals surface area contributed by atoms with E-state index in [1.54, 1.807) is 14.2 Å². The number of hydrogen-bond acceptors (Lipinski definition) is 3. The highest BCUT2D eigenvalue weighted by Crippen LogP contribution is 2.30. The molecule has 1 aromatic rings. The number of rotatable bonds is 6. The van der Waals surface area contributed by atoms with Crippen molar-refractivity contribution in [2.45, 2.75) is 13.5 Å². The van der Waals surface area contributed by atoms with Crippen molar-refractivity contribution in [1.82, 2.24) is 5.32 Å². The zero-order valence-corrected chi connectivity index (χ0v) is 11.7. The molecule has 0 fully saturated rings. The van der Waals surface area contributed by atoms with E-state index in [4.69, 9.17) is 15.2 Å². The van der Waals surface area contributed by atoms with Gasteiger partial charge in [0.05, 0.1) is 20.8 Å². The van der Waals surface area contributed by atoms with E-state index >= 15 is 0 Å². The maximum absolute atomic E-state index is 5.76. The fourth-order valence-electron chi connectivity index (χ4n) is 1.55. The van der Waals surface area contributed by atoms with Crippen LogP contribution in [0.1, 0.15) is 12.5 Å². The first-order valence-electron chi connectivity index (χ1n) is 5.96. The molecule has 19 heavy (non-hydrogen) atoms. The van der Waals surface area contributed by atoms with Crippen LogP contribution < -0.4 is 20.5 Å². The van der Waals surface area contributed by atoms with Gasteiger partial charge in [0, 0.05) is 12.1 Å². The Morgan fingerprint density at radius 3 is 2.68 bits per heavy atom. The number of benzene rings is 1. The molecule has 0 amide bonds. The van der Waals surface area contributed by atoms with E-state index in [1.165, 1.54) is 0 Å². The van der Waals surface area contributed by atoms with Crippen molar-refractivity contribution in [2.75, 3.05) is 20.8 Å². The fraction of sp³-hybridized carbons (Fsp3) is 0.357. The number of nitrogens with zero attached hydrogens (tertiary/aromatic N) is 1. The van der Waals surface area contributed by atoms with E-state index < -0.39 is 0 Å². The molecule has 1 rings (SSSR count). The van der Waals surface area contributed by atoms with Crippen LogP contribution in [0.15, 0.2) is 35.3 Å². The van der Waals surface area contributed by atoms with Gasteiger partial charge in [-0.05, 0) is 13.0 Å². The van der Waals surface area contributed by atoms with Crippen LogP contribution in [0.3, 0.4) is 0 Å². The van der Waals surface area contributed by atoms with Crippen molar-refractivity contribution in [3.05, 3.63) is 35.9 Å². The molecule has 5 nitrogen and oxygen atoms in total. The van der Waals surface area contributed by atoms with Gasteiger partial charge in [-0.1, -0.05) is 24.3 Å². The summed E-state index contributed by atoms with van der Waals surface area (Å²) in [6, 6.07) is 5.66. The summed E-state index contributed by atoms with van der Waals surface area (Å²) in [6.45, 7) is 6.75. The summed E-state index contributed by atoms with van der Waals surface area (Å²) in [5.41, 5.74) is 7.67. The largest absolute Gasteiger partial charge is 0.493 e. The van der Waals surface area contributed by atoms with Gasteiger partial charge >= 0.3 is 0 Å². The van der Waals surface area contributed by atoms with Gasteiger partial charge in [-0.15, -0.1) is 0 Å². The molecule has 0 radical (unpaired) electrons. The molecular formula is C14H21N3O2. The third-order valence-corrected chi connectivity index (χ3v) is 2.48. The second kappa shape index (κ2) is 7.31. The third kappa shape index (κ3) is 4.54. The first-order valence-corrected chi connectivity index (χ1v) is 5.96. The molecule has 0 saturated heterocycles. The topological polar surface area (TPSA) is 68.9 Å². The Kier molecular flexibility index (Phi) is 5.73. The molecule has 1 aromatic carbocycles. The van der Waals surface area contributed by atoms with E-state index in [-0.39, 0.29) is 0 Å². The number of hydrogen-bond donors (Lipinski definition) is 2. The summed E-state index contributed by atoms with van der Waals surface area (Å²) in [4.78, 5) is 4.26. The Morgan fingerprint density at radius 2 is 2.11 bits per heavy atom. The second-order valence-corrected chi connectivity index (χ2v) is 4.16.